The van der Waals surface area contributed by atoms with E-state index in [1.807, 2.05) is 19.0 Å². The van der Waals surface area contributed by atoms with Gasteiger partial charge in [0.1, 0.15) is 12.1 Å². The van der Waals surface area contributed by atoms with Crippen molar-refractivity contribution in [2.24, 2.45) is 11.8 Å². The molecule has 0 aliphatic carbocycles. The molecule has 0 radical (unpaired) electrons. The van der Waals surface area contributed by atoms with Gasteiger partial charge < -0.3 is 4.79 Å². The Bertz CT molecular complexity index is 204. The molecule has 0 aromatic rings. The molecule has 102 valence electrons. The first-order valence-corrected chi connectivity index (χ1v) is 6.38. The van der Waals surface area contributed by atoms with E-state index in [1.54, 1.807) is 6.92 Å². The molecular weight excluding hydrogens is 214 g/mol. The molecule has 3 heteroatoms. The molecule has 0 N–H and O–H groups in total. The van der Waals surface area contributed by atoms with E-state index in [0.29, 0.717) is 11.8 Å². The molecule has 2 atom stereocenters. The summed E-state index contributed by atoms with van der Waals surface area (Å²) in [6, 6.07) is 0.0833. The summed E-state index contributed by atoms with van der Waals surface area (Å²) in [5.74, 6) is 1.24. The normalized spacial score (nSPS) is 13.9. The second-order valence-corrected chi connectivity index (χ2v) is 5.18. The number of rotatable bonds is 6. The number of carbonyl (C=O) groups is 2. The zero-order chi connectivity index (χ0) is 14.0. The summed E-state index contributed by atoms with van der Waals surface area (Å²) in [6.07, 6.45) is 2.81. The second-order valence-electron chi connectivity index (χ2n) is 5.18. The fraction of sp³-hybridized carbons (Fsp3) is 0.857. The summed E-state index contributed by atoms with van der Waals surface area (Å²) in [4.78, 5) is 22.7. The molecule has 2 unspecified atom stereocenters. The fourth-order valence-electron chi connectivity index (χ4n) is 1.76. The van der Waals surface area contributed by atoms with Crippen molar-refractivity contribution in [2.45, 2.75) is 53.5 Å². The third-order valence-electron chi connectivity index (χ3n) is 2.80. The van der Waals surface area contributed by atoms with Crippen molar-refractivity contribution >= 4 is 12.1 Å². The van der Waals surface area contributed by atoms with E-state index in [4.69, 9.17) is 0 Å². The summed E-state index contributed by atoms with van der Waals surface area (Å²) in [7, 11) is 3.87. The van der Waals surface area contributed by atoms with Gasteiger partial charge in [-0.15, -0.1) is 0 Å². The van der Waals surface area contributed by atoms with E-state index >= 15 is 0 Å². The maximum Gasteiger partial charge on any atom is 0.147 e. The van der Waals surface area contributed by atoms with E-state index in [9.17, 15) is 9.59 Å². The van der Waals surface area contributed by atoms with Crippen LogP contribution in [0.1, 0.15) is 47.5 Å². The maximum atomic E-state index is 11.0. The van der Waals surface area contributed by atoms with E-state index in [-0.39, 0.29) is 11.8 Å². The summed E-state index contributed by atoms with van der Waals surface area (Å²) in [5, 5.41) is 0. The highest BCUT2D eigenvalue weighted by atomic mass is 16.1. The predicted octanol–water partition coefficient (Wildman–Crippen LogP) is 2.78. The minimum atomic E-state index is 0.0833. The second kappa shape index (κ2) is 10.5. The summed E-state index contributed by atoms with van der Waals surface area (Å²) in [5.41, 5.74) is 0. The van der Waals surface area contributed by atoms with Gasteiger partial charge in [-0.1, -0.05) is 34.1 Å². The highest BCUT2D eigenvalue weighted by Gasteiger charge is 2.19. The number of ketones is 1. The van der Waals surface area contributed by atoms with Gasteiger partial charge in [0.05, 0.1) is 6.04 Å². The molecule has 0 aliphatic rings. The molecule has 0 aliphatic heterocycles. The van der Waals surface area contributed by atoms with Crippen LogP contribution in [0.2, 0.25) is 0 Å². The first kappa shape index (κ1) is 18.7. The highest BCUT2D eigenvalue weighted by Crippen LogP contribution is 2.07. The van der Waals surface area contributed by atoms with Crippen molar-refractivity contribution in [3.63, 3.8) is 0 Å². The number of Topliss-reactive ketones (excluding diaryl/α,β-unsaturated/α-hetero) is 1. The standard InChI is InChI=1S/C8H17NO.C6H12O/c1-6(2)8(7(3)10)9(4)5;1-3-6(2)4-5-7/h6,8H,1-5H3;5-6H,3-4H2,1-2H3. The molecule has 0 rings (SSSR count). The minimum Gasteiger partial charge on any atom is -0.303 e. The molecule has 0 aromatic carbocycles. The average molecular weight is 243 g/mol. The van der Waals surface area contributed by atoms with Crippen molar-refractivity contribution in [1.29, 1.82) is 0 Å². The van der Waals surface area contributed by atoms with Gasteiger partial charge in [-0.05, 0) is 32.9 Å². The first-order chi connectivity index (χ1) is 7.77. The van der Waals surface area contributed by atoms with Gasteiger partial charge in [0, 0.05) is 6.42 Å². The Morgan fingerprint density at radius 1 is 1.24 bits per heavy atom. The number of carbonyl (C=O) groups excluding carboxylic acids is 2. The average Bonchev–Trinajstić information content (AvgIpc) is 2.16. The molecule has 0 saturated carbocycles. The molecule has 3 nitrogen and oxygen atoms in total. The maximum absolute atomic E-state index is 11.0. The van der Waals surface area contributed by atoms with Crippen molar-refractivity contribution < 1.29 is 9.59 Å². The molecule has 17 heavy (non-hydrogen) atoms. The Kier molecular flexibility index (Phi) is 11.5. The minimum absolute atomic E-state index is 0.0833. The van der Waals surface area contributed by atoms with E-state index in [1.165, 1.54) is 0 Å². The first-order valence-electron chi connectivity index (χ1n) is 6.38. The van der Waals surface area contributed by atoms with Crippen LogP contribution < -0.4 is 0 Å². The summed E-state index contributed by atoms with van der Waals surface area (Å²) < 4.78 is 0. The largest absolute Gasteiger partial charge is 0.303 e. The number of likely N-dealkylation sites (N-methyl/N-ethyl adjacent to an activating group) is 1. The Hall–Kier alpha value is -0.700. The molecule has 0 saturated heterocycles. The van der Waals surface area contributed by atoms with Gasteiger partial charge >= 0.3 is 0 Å². The Labute approximate surface area is 107 Å². The molecule has 0 fully saturated rings. The van der Waals surface area contributed by atoms with Crippen LogP contribution in [-0.2, 0) is 9.59 Å². The van der Waals surface area contributed by atoms with Crippen LogP contribution in [0.15, 0.2) is 0 Å². The van der Waals surface area contributed by atoms with Crippen LogP contribution in [0, 0.1) is 11.8 Å². The Morgan fingerprint density at radius 3 is 1.76 bits per heavy atom. The quantitative estimate of drug-likeness (QED) is 0.673. The third kappa shape index (κ3) is 10.2. The lowest BCUT2D eigenvalue weighted by atomic mass is 10.0. The van der Waals surface area contributed by atoms with Crippen molar-refractivity contribution in [1.82, 2.24) is 4.90 Å². The van der Waals surface area contributed by atoms with Gasteiger partial charge in [-0.2, -0.15) is 0 Å². The van der Waals surface area contributed by atoms with Crippen LogP contribution in [0.5, 0.6) is 0 Å². The molecule has 0 bridgehead atoms. The lowest BCUT2D eigenvalue weighted by Crippen LogP contribution is -2.38. The van der Waals surface area contributed by atoms with Crippen LogP contribution in [0.4, 0.5) is 0 Å². The van der Waals surface area contributed by atoms with Crippen molar-refractivity contribution in [3.8, 4) is 0 Å². The van der Waals surface area contributed by atoms with Gasteiger partial charge in [0.25, 0.3) is 0 Å². The zero-order valence-corrected chi connectivity index (χ0v) is 12.5. The fourth-order valence-corrected chi connectivity index (χ4v) is 1.76. The van der Waals surface area contributed by atoms with Crippen LogP contribution in [-0.4, -0.2) is 37.1 Å². The summed E-state index contributed by atoms with van der Waals surface area (Å²) in [6.45, 7) is 9.94. The molecule has 0 spiro atoms. The van der Waals surface area contributed by atoms with Gasteiger partial charge in [-0.3, -0.25) is 9.69 Å². The zero-order valence-electron chi connectivity index (χ0n) is 12.5. The monoisotopic (exact) mass is 243 g/mol. The lowest BCUT2D eigenvalue weighted by Gasteiger charge is -2.24. The number of aldehydes is 1. The topological polar surface area (TPSA) is 37.4 Å². The Morgan fingerprint density at radius 2 is 1.71 bits per heavy atom. The lowest BCUT2D eigenvalue weighted by molar-refractivity contribution is -0.122. The highest BCUT2D eigenvalue weighted by molar-refractivity contribution is 5.81. The van der Waals surface area contributed by atoms with Crippen LogP contribution in [0.25, 0.3) is 0 Å². The molecule has 0 aromatic heterocycles. The number of hydrogen-bond acceptors (Lipinski definition) is 3. The van der Waals surface area contributed by atoms with Gasteiger partial charge in [-0.25, -0.2) is 0 Å². The van der Waals surface area contributed by atoms with E-state index in [2.05, 4.69) is 27.7 Å². The van der Waals surface area contributed by atoms with Crippen LogP contribution >= 0.6 is 0 Å². The number of hydrogen-bond donors (Lipinski definition) is 0. The van der Waals surface area contributed by atoms with E-state index < -0.39 is 0 Å². The van der Waals surface area contributed by atoms with Gasteiger partial charge in [0.15, 0.2) is 0 Å². The van der Waals surface area contributed by atoms with Gasteiger partial charge in [0.2, 0.25) is 0 Å². The molecular formula is C14H29NO2. The molecule has 0 amide bonds. The smallest absolute Gasteiger partial charge is 0.147 e. The number of nitrogens with zero attached hydrogens (tertiary/aromatic N) is 1. The predicted molar refractivity (Wildman–Crippen MR) is 73.1 cm³/mol. The Balaban J connectivity index is 0. The summed E-state index contributed by atoms with van der Waals surface area (Å²) >= 11 is 0. The van der Waals surface area contributed by atoms with Crippen LogP contribution in [0.3, 0.4) is 0 Å². The SMILES string of the molecule is CC(=O)C(C(C)C)N(C)C.CCC(C)CC=O. The third-order valence-corrected chi connectivity index (χ3v) is 2.80. The van der Waals surface area contributed by atoms with E-state index in [0.717, 1.165) is 19.1 Å². The molecule has 0 heterocycles. The van der Waals surface area contributed by atoms with Crippen molar-refractivity contribution in [3.05, 3.63) is 0 Å². The van der Waals surface area contributed by atoms with Crippen molar-refractivity contribution in [2.75, 3.05) is 14.1 Å².